The van der Waals surface area contributed by atoms with E-state index in [0.717, 1.165) is 22.2 Å². The highest BCUT2D eigenvalue weighted by atomic mass is 16.3. The zero-order chi connectivity index (χ0) is 9.54. The van der Waals surface area contributed by atoms with E-state index in [1.807, 2.05) is 31.3 Å². The number of pyridine rings is 1. The second-order valence-electron chi connectivity index (χ2n) is 3.42. The molecule has 0 saturated heterocycles. The zero-order valence-electron chi connectivity index (χ0n) is 7.82. The van der Waals surface area contributed by atoms with Crippen molar-refractivity contribution < 1.29 is 4.42 Å². The molecule has 2 nitrogen and oxygen atoms in total. The third-order valence-electron chi connectivity index (χ3n) is 2.41. The van der Waals surface area contributed by atoms with E-state index >= 15 is 0 Å². The molecule has 0 aliphatic heterocycles. The molecule has 0 spiro atoms. The fourth-order valence-electron chi connectivity index (χ4n) is 1.77. The molecule has 0 atom stereocenters. The van der Waals surface area contributed by atoms with Gasteiger partial charge >= 0.3 is 0 Å². The number of furan rings is 1. The van der Waals surface area contributed by atoms with Crippen LogP contribution in [0.4, 0.5) is 0 Å². The third-order valence-corrected chi connectivity index (χ3v) is 2.41. The molecule has 2 heterocycles. The quantitative estimate of drug-likeness (QED) is 0.534. The van der Waals surface area contributed by atoms with E-state index in [1.165, 1.54) is 5.39 Å². The lowest BCUT2D eigenvalue weighted by molar-refractivity contribution is 0.568. The molecule has 0 aliphatic carbocycles. The summed E-state index contributed by atoms with van der Waals surface area (Å²) >= 11 is 0. The second kappa shape index (κ2) is 2.58. The predicted molar refractivity (Wildman–Crippen MR) is 56.3 cm³/mol. The monoisotopic (exact) mass is 183 g/mol. The Balaban J connectivity index is 2.60. The van der Waals surface area contributed by atoms with Crippen LogP contribution in [0.1, 0.15) is 5.76 Å². The first kappa shape index (κ1) is 7.56. The van der Waals surface area contributed by atoms with E-state index < -0.39 is 0 Å². The van der Waals surface area contributed by atoms with Gasteiger partial charge in [0.05, 0.1) is 0 Å². The second-order valence-corrected chi connectivity index (χ2v) is 3.42. The number of nitrogens with zero attached hydrogens (tertiary/aromatic N) is 1. The summed E-state index contributed by atoms with van der Waals surface area (Å²) < 4.78 is 5.46. The summed E-state index contributed by atoms with van der Waals surface area (Å²) in [5.74, 6) is 0.906. The Morgan fingerprint density at radius 2 is 2.00 bits per heavy atom. The number of fused-ring (bicyclic) bond motifs is 3. The molecular weight excluding hydrogens is 174 g/mol. The van der Waals surface area contributed by atoms with Crippen LogP contribution in [-0.4, -0.2) is 4.98 Å². The van der Waals surface area contributed by atoms with Crippen molar-refractivity contribution in [2.24, 2.45) is 0 Å². The van der Waals surface area contributed by atoms with Crippen LogP contribution in [-0.2, 0) is 0 Å². The van der Waals surface area contributed by atoms with E-state index in [2.05, 4.69) is 17.1 Å². The molecule has 68 valence electrons. The largest absolute Gasteiger partial charge is 0.443 e. The standard InChI is InChI=1S/C12H9NO/c1-8-6-11-10-5-3-2-4-9(10)7-13-12(11)14-8/h2-7H,1H3. The highest BCUT2D eigenvalue weighted by Crippen LogP contribution is 2.25. The molecule has 0 bridgehead atoms. The highest BCUT2D eigenvalue weighted by molar-refractivity contribution is 6.03. The molecule has 2 heteroatoms. The molecule has 0 N–H and O–H groups in total. The van der Waals surface area contributed by atoms with Gasteiger partial charge in [-0.3, -0.25) is 0 Å². The minimum Gasteiger partial charge on any atom is -0.443 e. The van der Waals surface area contributed by atoms with Crippen molar-refractivity contribution in [3.8, 4) is 0 Å². The van der Waals surface area contributed by atoms with Gasteiger partial charge in [-0.05, 0) is 18.4 Å². The molecule has 0 radical (unpaired) electrons. The number of aryl methyl sites for hydroxylation is 1. The van der Waals surface area contributed by atoms with Crippen molar-refractivity contribution in [2.45, 2.75) is 6.92 Å². The number of hydrogen-bond donors (Lipinski definition) is 0. The lowest BCUT2D eigenvalue weighted by Crippen LogP contribution is -1.76. The summed E-state index contributed by atoms with van der Waals surface area (Å²) in [5.41, 5.74) is 0.723. The molecule has 0 aliphatic rings. The van der Waals surface area contributed by atoms with Gasteiger partial charge in [0, 0.05) is 17.0 Å². The summed E-state index contributed by atoms with van der Waals surface area (Å²) in [6.45, 7) is 1.94. The lowest BCUT2D eigenvalue weighted by Gasteiger charge is -1.95. The van der Waals surface area contributed by atoms with Crippen LogP contribution in [0.3, 0.4) is 0 Å². The van der Waals surface area contributed by atoms with Gasteiger partial charge in [0.1, 0.15) is 5.76 Å². The van der Waals surface area contributed by atoms with Crippen molar-refractivity contribution in [1.29, 1.82) is 0 Å². The Labute approximate surface area is 81.2 Å². The first-order valence-corrected chi connectivity index (χ1v) is 4.58. The predicted octanol–water partition coefficient (Wildman–Crippen LogP) is 3.29. The van der Waals surface area contributed by atoms with Gasteiger partial charge in [0.15, 0.2) is 0 Å². The van der Waals surface area contributed by atoms with Crippen LogP contribution in [0.15, 0.2) is 40.9 Å². The summed E-state index contributed by atoms with van der Waals surface area (Å²) in [4.78, 5) is 4.26. The molecule has 0 amide bonds. The van der Waals surface area contributed by atoms with Crippen LogP contribution in [0.2, 0.25) is 0 Å². The van der Waals surface area contributed by atoms with E-state index in [9.17, 15) is 0 Å². The summed E-state index contributed by atoms with van der Waals surface area (Å²) in [5, 5.41) is 3.45. The molecule has 1 aromatic carbocycles. The summed E-state index contributed by atoms with van der Waals surface area (Å²) in [6, 6.07) is 10.2. The van der Waals surface area contributed by atoms with Crippen molar-refractivity contribution >= 4 is 21.9 Å². The normalized spacial score (nSPS) is 11.2. The Kier molecular flexibility index (Phi) is 1.39. The summed E-state index contributed by atoms with van der Waals surface area (Å²) in [6.07, 6.45) is 1.85. The highest BCUT2D eigenvalue weighted by Gasteiger charge is 2.04. The van der Waals surface area contributed by atoms with E-state index in [1.54, 1.807) is 0 Å². The Morgan fingerprint density at radius 1 is 1.14 bits per heavy atom. The first-order valence-electron chi connectivity index (χ1n) is 4.58. The van der Waals surface area contributed by atoms with Gasteiger partial charge in [-0.2, -0.15) is 0 Å². The molecule has 3 aromatic rings. The van der Waals surface area contributed by atoms with Gasteiger partial charge in [0.25, 0.3) is 0 Å². The number of benzene rings is 1. The molecular formula is C12H9NO. The average Bonchev–Trinajstić information content (AvgIpc) is 2.59. The number of hydrogen-bond acceptors (Lipinski definition) is 2. The van der Waals surface area contributed by atoms with Crippen LogP contribution < -0.4 is 0 Å². The van der Waals surface area contributed by atoms with Crippen molar-refractivity contribution in [3.63, 3.8) is 0 Å². The lowest BCUT2D eigenvalue weighted by atomic mass is 10.1. The van der Waals surface area contributed by atoms with Crippen LogP contribution in [0, 0.1) is 6.92 Å². The van der Waals surface area contributed by atoms with Gasteiger partial charge in [0.2, 0.25) is 5.71 Å². The van der Waals surface area contributed by atoms with Crippen molar-refractivity contribution in [3.05, 3.63) is 42.3 Å². The van der Waals surface area contributed by atoms with E-state index in [4.69, 9.17) is 4.42 Å². The maximum Gasteiger partial charge on any atom is 0.226 e. The minimum absolute atomic E-state index is 0.723. The molecule has 2 aromatic heterocycles. The van der Waals surface area contributed by atoms with Gasteiger partial charge < -0.3 is 4.42 Å². The average molecular weight is 183 g/mol. The molecule has 0 unspecified atom stereocenters. The van der Waals surface area contributed by atoms with Crippen LogP contribution in [0.5, 0.6) is 0 Å². The maximum atomic E-state index is 5.46. The van der Waals surface area contributed by atoms with E-state index in [0.29, 0.717) is 0 Å². The fourth-order valence-corrected chi connectivity index (χ4v) is 1.77. The van der Waals surface area contributed by atoms with Crippen LogP contribution in [0.25, 0.3) is 21.9 Å². The third kappa shape index (κ3) is 0.940. The smallest absolute Gasteiger partial charge is 0.226 e. The zero-order valence-corrected chi connectivity index (χ0v) is 7.82. The summed E-state index contributed by atoms with van der Waals surface area (Å²) in [7, 11) is 0. The Bertz CT molecular complexity index is 610. The molecule has 14 heavy (non-hydrogen) atoms. The van der Waals surface area contributed by atoms with Gasteiger partial charge in [-0.1, -0.05) is 24.3 Å². The van der Waals surface area contributed by atoms with Gasteiger partial charge in [-0.25, -0.2) is 4.98 Å². The van der Waals surface area contributed by atoms with Crippen LogP contribution >= 0.6 is 0 Å². The van der Waals surface area contributed by atoms with Crippen molar-refractivity contribution in [1.82, 2.24) is 4.98 Å². The molecule has 3 rings (SSSR count). The number of rotatable bonds is 0. The SMILES string of the molecule is Cc1cc2c(ncc3ccccc32)o1. The Morgan fingerprint density at radius 3 is 2.93 bits per heavy atom. The van der Waals surface area contributed by atoms with E-state index in [-0.39, 0.29) is 0 Å². The van der Waals surface area contributed by atoms with Gasteiger partial charge in [-0.15, -0.1) is 0 Å². The maximum absolute atomic E-state index is 5.46. The molecule has 0 fully saturated rings. The molecule has 0 saturated carbocycles. The number of aromatic nitrogens is 1. The Hall–Kier alpha value is -1.83. The topological polar surface area (TPSA) is 26.0 Å². The fraction of sp³-hybridized carbons (Fsp3) is 0.0833. The van der Waals surface area contributed by atoms with Crippen molar-refractivity contribution in [2.75, 3.05) is 0 Å². The minimum atomic E-state index is 0.723. The first-order chi connectivity index (χ1) is 6.84.